The Morgan fingerprint density at radius 1 is 0.353 bits per heavy atom. The van der Waals surface area contributed by atoms with Gasteiger partial charge in [-0.25, -0.2) is 24.4 Å². The number of aromatic carboxylic acids is 4. The van der Waals surface area contributed by atoms with Gasteiger partial charge in [0.1, 0.15) is 22.8 Å². The van der Waals surface area contributed by atoms with Crippen molar-refractivity contribution >= 4 is 74.7 Å². The molecule has 0 fully saturated rings. The van der Waals surface area contributed by atoms with Gasteiger partial charge in [-0.2, -0.15) is 0 Å². The van der Waals surface area contributed by atoms with Crippen molar-refractivity contribution in [3.8, 4) is 23.0 Å². The van der Waals surface area contributed by atoms with Crippen molar-refractivity contribution in [3.05, 3.63) is 185 Å². The topological polar surface area (TPSA) is 287 Å². The molecule has 2 aliphatic rings. The summed E-state index contributed by atoms with van der Waals surface area (Å²) in [6.07, 6.45) is 6.28. The van der Waals surface area contributed by atoms with Gasteiger partial charge in [-0.05, 0) is 85.0 Å². The van der Waals surface area contributed by atoms with E-state index < -0.39 is 23.9 Å². The smallest absolute Gasteiger partial charge is 0.335 e. The molecular weight excluding hydrogens is 986 g/mol. The van der Waals surface area contributed by atoms with Crippen molar-refractivity contribution in [3.63, 3.8) is 0 Å². The van der Waals surface area contributed by atoms with E-state index in [1.54, 1.807) is 164 Å². The summed E-state index contributed by atoms with van der Waals surface area (Å²) in [4.78, 5) is 55.2. The number of H-pyrrole nitrogens is 2. The number of aromatic amines is 2. The van der Waals surface area contributed by atoms with Gasteiger partial charge in [0.25, 0.3) is 0 Å². The molecule has 4 aromatic carbocycles. The van der Waals surface area contributed by atoms with Crippen LogP contribution in [0.5, 0.6) is 23.0 Å². The average molecular weight is 1020 g/mol. The normalized spacial score (nSPS) is 10.0. The van der Waals surface area contributed by atoms with Crippen LogP contribution in [0, 0.1) is 0 Å². The minimum Gasteiger partial charge on any atom is -1.00 e. The molecule has 0 amide bonds. The average Bonchev–Trinajstić information content (AvgIpc) is 4.18. The molecule has 9 rings (SSSR count). The predicted molar refractivity (Wildman–Crippen MR) is 239 cm³/mol. The van der Waals surface area contributed by atoms with Crippen LogP contribution in [-0.2, 0) is 16.0 Å². The number of nitrogens with zero attached hydrogens (tertiary/aromatic N) is 2. The number of rotatable bonds is 4. The van der Waals surface area contributed by atoms with Gasteiger partial charge in [-0.15, -0.1) is 0 Å². The number of carbonyl (C=O) groups is 4. The van der Waals surface area contributed by atoms with Gasteiger partial charge in [-0.3, -0.25) is 0 Å². The zero-order valence-electron chi connectivity index (χ0n) is 34.7. The molecule has 3 aromatic heterocycles. The number of hydrogen-bond acceptors (Lipinski definition) is 10. The van der Waals surface area contributed by atoms with Crippen molar-refractivity contribution in [2.24, 2.45) is 0 Å². The van der Waals surface area contributed by atoms with Crippen LogP contribution in [0.25, 0.3) is 46.4 Å². The fraction of sp³-hybridized carbons (Fsp3) is 0. The molecule has 2 aliphatic heterocycles. The molecule has 0 unspecified atom stereocenters. The quantitative estimate of drug-likeness (QED) is 0.0968. The maximum Gasteiger partial charge on any atom is 0.335 e. The largest absolute Gasteiger partial charge is 1.00 e. The van der Waals surface area contributed by atoms with Crippen LogP contribution in [0.2, 0.25) is 0 Å². The van der Waals surface area contributed by atoms with E-state index >= 15 is 0 Å². The summed E-state index contributed by atoms with van der Waals surface area (Å²) >= 11 is 3.20. The second-order valence-electron chi connectivity index (χ2n) is 13.2. The number of carboxylic acids is 4. The van der Waals surface area contributed by atoms with Crippen LogP contribution in [0.3, 0.4) is 0 Å². The van der Waals surface area contributed by atoms with E-state index in [1.165, 1.54) is 0 Å². The molecule has 5 heterocycles. The van der Waals surface area contributed by atoms with Crippen LogP contribution in [0.1, 0.15) is 64.2 Å². The van der Waals surface area contributed by atoms with Crippen molar-refractivity contribution < 1.29 is 113 Å². The van der Waals surface area contributed by atoms with Crippen molar-refractivity contribution in [1.29, 1.82) is 0 Å². The van der Waals surface area contributed by atoms with E-state index in [2.05, 4.69) is 35.9 Å². The summed E-state index contributed by atoms with van der Waals surface area (Å²) in [6.45, 7) is 0. The molecule has 20 heteroatoms. The van der Waals surface area contributed by atoms with E-state index in [9.17, 15) is 39.6 Å². The zero-order valence-corrected chi connectivity index (χ0v) is 38.2. The molecule has 0 aliphatic carbocycles. The summed E-state index contributed by atoms with van der Waals surface area (Å²) in [5, 5.41) is 75.7. The molecular formula is C48H37Cl3MnN4O12. The van der Waals surface area contributed by atoms with Crippen LogP contribution < -0.4 is 41.7 Å². The van der Waals surface area contributed by atoms with Crippen LogP contribution in [0.4, 0.5) is 0 Å². The number of nitrogens with one attached hydrogen (secondary N) is 2. The summed E-state index contributed by atoms with van der Waals surface area (Å²) in [5.74, 6) is -4.03. The Labute approximate surface area is 413 Å². The first kappa shape index (κ1) is 56.1. The molecule has 0 atom stereocenters. The second kappa shape index (κ2) is 26.8. The third-order valence-corrected chi connectivity index (χ3v) is 9.19. The first-order valence-corrected chi connectivity index (χ1v) is 19.5. The number of carboxylic acid groups (broad SMARTS) is 4. The van der Waals surface area contributed by atoms with E-state index in [-0.39, 0.29) is 83.0 Å². The SMILES string of the molecule is O=C(O)c1cc[c]([Mn+3])cc1.O=C(O)c1ccccc1.O=C(O)c1ccccc1.O=C(O)c1ccccc1.Oc1c2nc(c(O)c3ccc([nH]3)c(O)c3nc(c(O)c4ccc1[nH]4)C=C3)C=C2.[Cl-].[Cl-].[Cl-]. The number of hydrogen-bond donors (Lipinski definition) is 10. The molecule has 7 aromatic rings. The van der Waals surface area contributed by atoms with Gasteiger partial charge >= 0.3 is 84.1 Å². The Hall–Kier alpha value is -8.05. The van der Waals surface area contributed by atoms with E-state index in [1.807, 2.05) is 0 Å². The monoisotopic (exact) mass is 1020 g/mol. The fourth-order valence-corrected chi connectivity index (χ4v) is 5.68. The van der Waals surface area contributed by atoms with E-state index in [0.717, 1.165) is 4.46 Å². The Morgan fingerprint density at radius 3 is 0.779 bits per heavy atom. The third kappa shape index (κ3) is 15.5. The van der Waals surface area contributed by atoms with Gasteiger partial charge in [0.2, 0.25) is 0 Å². The molecule has 0 spiro atoms. The number of aromatic nitrogens is 4. The van der Waals surface area contributed by atoms with E-state index in [4.69, 9.17) is 20.4 Å². The van der Waals surface area contributed by atoms with Crippen molar-refractivity contribution in [2.75, 3.05) is 0 Å². The second-order valence-corrected chi connectivity index (χ2v) is 13.9. The summed E-state index contributed by atoms with van der Waals surface area (Å²) < 4.78 is 0.887. The minimum atomic E-state index is -0.896. The van der Waals surface area contributed by atoms with Crippen LogP contribution in [0.15, 0.2) is 140 Å². The van der Waals surface area contributed by atoms with Gasteiger partial charge in [0.15, 0.2) is 23.0 Å². The third-order valence-electron chi connectivity index (χ3n) is 8.80. The summed E-state index contributed by atoms with van der Waals surface area (Å²) in [5.41, 5.74) is 3.74. The van der Waals surface area contributed by atoms with Gasteiger partial charge < -0.3 is 82.9 Å². The van der Waals surface area contributed by atoms with Gasteiger partial charge in [0.05, 0.1) is 38.8 Å². The minimum absolute atomic E-state index is 0. The fourth-order valence-electron chi connectivity index (χ4n) is 5.48. The molecule has 0 saturated carbocycles. The number of fused-ring (bicyclic) bond motifs is 8. The molecule has 16 nitrogen and oxygen atoms in total. The molecule has 10 N–H and O–H groups in total. The molecule has 68 heavy (non-hydrogen) atoms. The van der Waals surface area contributed by atoms with Crippen molar-refractivity contribution in [1.82, 2.24) is 19.9 Å². The number of benzene rings is 4. The van der Waals surface area contributed by atoms with Crippen LogP contribution >= 0.6 is 0 Å². The Balaban J connectivity index is 0.000000329. The molecule has 0 radical (unpaired) electrons. The van der Waals surface area contributed by atoms with Gasteiger partial charge in [-0.1, -0.05) is 54.6 Å². The predicted octanol–water partition coefficient (Wildman–Crippen LogP) is -0.799. The Morgan fingerprint density at radius 2 is 0.574 bits per heavy atom. The van der Waals surface area contributed by atoms with Gasteiger partial charge in [0, 0.05) is 0 Å². The number of aromatic hydroxyl groups is 4. The van der Waals surface area contributed by atoms with Crippen molar-refractivity contribution in [2.45, 2.75) is 0 Å². The first-order chi connectivity index (χ1) is 31.1. The molecule has 8 bridgehead atoms. The summed E-state index contributed by atoms with van der Waals surface area (Å²) in [7, 11) is 0. The van der Waals surface area contributed by atoms with Crippen LogP contribution in [-0.4, -0.2) is 84.7 Å². The maximum atomic E-state index is 10.5. The Kier molecular flexibility index (Phi) is 22.1. The number of halogens is 3. The zero-order chi connectivity index (χ0) is 47.0. The van der Waals surface area contributed by atoms with E-state index in [0.29, 0.717) is 44.3 Å². The molecule has 0 saturated heterocycles. The molecule has 349 valence electrons. The maximum absolute atomic E-state index is 10.5. The Bertz CT molecular complexity index is 2740. The summed E-state index contributed by atoms with van der Waals surface area (Å²) in [6, 6.07) is 37.8. The first-order valence-electron chi connectivity index (χ1n) is 18.9. The standard InChI is InChI=1S/C20H14N4O4.3C7H6O2.C7H5O2.3ClH.Mn/c25-17-9-1-2-10(21-9)18(26)12-5-6-14(23-12)20(28)16-8-7-15(24-16)19(27)13-4-3-11(17)22-13;4*8-7(9)6-4-2-1-3-5-6;;;;/h1-8,21,24-28H;3*1-5H,(H,8,9);2-5H,(H,8,9);3*1H;/q;;;;;;;;+3/p-3.